The molecule has 126 heavy (non-hydrogen) atoms. The lowest BCUT2D eigenvalue weighted by atomic mass is 10.1. The Kier molecular flexibility index (Phi) is 58.0. The van der Waals surface area contributed by atoms with Crippen LogP contribution < -0.4 is 74.0 Å². The Morgan fingerprint density at radius 3 is 0.524 bits per heavy atom. The number of nitrogens with one attached hydrogen (secondary N) is 12. The molecule has 32 heteroatoms. The second kappa shape index (κ2) is 67.2. The summed E-state index contributed by atoms with van der Waals surface area (Å²) >= 11 is 0. The topological polar surface area (TPSA) is 476 Å². The van der Waals surface area contributed by atoms with Crippen LogP contribution >= 0.6 is 0 Å². The predicted molar refractivity (Wildman–Crippen MR) is 491 cm³/mol. The molecule has 0 saturated carbocycles. The number of anilines is 6. The first-order valence-electron chi connectivity index (χ1n) is 43.8. The predicted octanol–water partition coefficient (Wildman–Crippen LogP) is 13.2. The molecule has 6 aromatic rings. The maximum atomic E-state index is 12.3. The average Bonchev–Trinajstić information content (AvgIpc) is 0.870. The van der Waals surface area contributed by atoms with Crippen LogP contribution in [0.2, 0.25) is 0 Å². The molecule has 0 aliphatic carbocycles. The van der Waals surface area contributed by atoms with Crippen molar-refractivity contribution >= 4 is 82.2 Å². The lowest BCUT2D eigenvalue weighted by Gasteiger charge is -2.39. The molecule has 0 aliphatic rings. The number of hydrogen-bond acceptors (Lipinski definition) is 18. The molecule has 0 bridgehead atoms. The lowest BCUT2D eigenvalue weighted by molar-refractivity contribution is -0.929. The molecule has 12 amide bonds. The van der Waals surface area contributed by atoms with Crippen LogP contribution in [0.15, 0.2) is 146 Å². The zero-order valence-electron chi connectivity index (χ0n) is 74.9. The van der Waals surface area contributed by atoms with Crippen LogP contribution in [0.4, 0.5) is 62.9 Å². The van der Waals surface area contributed by atoms with Gasteiger partial charge in [0.05, 0.1) is 134 Å². The van der Waals surface area contributed by atoms with Gasteiger partial charge >= 0.3 is 36.2 Å². The third-order valence-corrected chi connectivity index (χ3v) is 19.8. The first-order valence-corrected chi connectivity index (χ1v) is 43.8. The number of nitrogens with zero attached hydrogens (tertiary/aromatic N) is 10. The van der Waals surface area contributed by atoms with E-state index < -0.39 is 48.1 Å². The number of carboxylic acid groups (broad SMARTS) is 2. The number of carbonyl (C=O) groups excluding carboxylic acids is 8. The van der Waals surface area contributed by atoms with Gasteiger partial charge in [-0.25, -0.2) is 28.8 Å². The maximum Gasteiger partial charge on any atom is 0.319 e. The largest absolute Gasteiger partial charge is 0.543 e. The van der Waals surface area contributed by atoms with Crippen molar-refractivity contribution in [2.45, 2.75) is 158 Å². The van der Waals surface area contributed by atoms with Crippen molar-refractivity contribution in [2.24, 2.45) is 0 Å². The smallest absolute Gasteiger partial charge is 0.319 e. The van der Waals surface area contributed by atoms with Gasteiger partial charge < -0.3 is 92.6 Å². The Bertz CT molecular complexity index is 3780. The van der Waals surface area contributed by atoms with Gasteiger partial charge in [0.2, 0.25) is 0 Å². The molecule has 0 saturated heterocycles. The Morgan fingerprint density at radius 1 is 0.262 bits per heavy atom. The van der Waals surface area contributed by atoms with Gasteiger partial charge in [0.1, 0.15) is 0 Å². The van der Waals surface area contributed by atoms with Crippen LogP contribution in [0, 0.1) is 68.0 Å². The van der Waals surface area contributed by atoms with Crippen LogP contribution in [-0.4, -0.2) is 198 Å². The number of urea groups is 6. The number of unbranched alkanes of at least 4 members (excludes halogenated alkanes) is 8. The third kappa shape index (κ3) is 50.3. The molecule has 0 heterocycles. The highest BCUT2D eigenvalue weighted by Gasteiger charge is 2.27. The molecule has 0 aliphatic heterocycles. The first-order chi connectivity index (χ1) is 60.9. The minimum absolute atomic E-state index is 0.268. The standard InChI is InChI=1S/2C30H30N10O3.2C16H36N.C2H2O4/c2*31-19-22-4-1-7-25(16-22)37-28(41)34-10-13-40(14-11-35-29(42)38-26-8-2-5-23(17-26)20-32)15-12-36-30(43)39-27-9-3-6-24(18-27)21-33;2*1-5-9-13-17(14-10-6-2,15-11-7-3)16-12-8-4;3-1(4)2(5)6/h2*1-9,16-18H,10-15H2,(H2,34,37,41)(H2,35,38,42)(H2,36,39,43);2*5-16H2,1-4H3;(H,3,4)(H,5,6)/q;;2*+1;/p-2. The van der Waals surface area contributed by atoms with Gasteiger partial charge in [0.25, 0.3) is 0 Å². The van der Waals surface area contributed by atoms with Crippen molar-refractivity contribution < 1.29 is 57.5 Å². The summed E-state index contributed by atoms with van der Waals surface area (Å²) in [6.45, 7) is 34.1. The van der Waals surface area contributed by atoms with Crippen molar-refractivity contribution in [2.75, 3.05) is 163 Å². The fraction of sp³-hybridized carbons (Fsp3) is 0.468. The molecule has 0 atom stereocenters. The zero-order valence-corrected chi connectivity index (χ0v) is 74.9. The van der Waals surface area contributed by atoms with Gasteiger partial charge in [-0.3, -0.25) is 9.80 Å². The molecule has 0 unspecified atom stereocenters. The fourth-order valence-corrected chi connectivity index (χ4v) is 13.0. The van der Waals surface area contributed by atoms with Crippen LogP contribution in [0.1, 0.15) is 192 Å². The molecule has 6 aromatic carbocycles. The van der Waals surface area contributed by atoms with E-state index in [4.69, 9.17) is 51.4 Å². The number of carboxylic acids is 2. The molecule has 0 radical (unpaired) electrons. The molecule has 0 fully saturated rings. The zero-order chi connectivity index (χ0) is 92.9. The van der Waals surface area contributed by atoms with E-state index in [0.29, 0.717) is 107 Å². The van der Waals surface area contributed by atoms with E-state index in [0.717, 1.165) is 0 Å². The number of aliphatic carboxylic acids is 2. The van der Waals surface area contributed by atoms with Gasteiger partial charge in [-0.15, -0.1) is 0 Å². The lowest BCUT2D eigenvalue weighted by Crippen LogP contribution is -2.50. The van der Waals surface area contributed by atoms with Gasteiger partial charge in [0.15, 0.2) is 0 Å². The highest BCUT2D eigenvalue weighted by atomic mass is 16.4. The minimum atomic E-state index is -2.19. The van der Waals surface area contributed by atoms with Crippen LogP contribution in [-0.2, 0) is 9.59 Å². The first kappa shape index (κ1) is 109. The number of nitriles is 6. The summed E-state index contributed by atoms with van der Waals surface area (Å²) in [7, 11) is 0. The van der Waals surface area contributed by atoms with E-state index in [1.165, 1.54) is 164 Å². The van der Waals surface area contributed by atoms with Crippen molar-refractivity contribution in [1.29, 1.82) is 31.6 Å². The van der Waals surface area contributed by atoms with Crippen LogP contribution in [0.25, 0.3) is 0 Å². The molecule has 678 valence electrons. The van der Waals surface area contributed by atoms with Crippen molar-refractivity contribution in [1.82, 2.24) is 41.7 Å². The molecule has 0 aromatic heterocycles. The number of rotatable bonds is 48. The van der Waals surface area contributed by atoms with Gasteiger partial charge in [-0.05, 0) is 161 Å². The third-order valence-electron chi connectivity index (χ3n) is 19.8. The van der Waals surface area contributed by atoms with E-state index in [-0.39, 0.29) is 39.3 Å². The summed E-state index contributed by atoms with van der Waals surface area (Å²) in [6.07, 6.45) is 22.1. The summed E-state index contributed by atoms with van der Waals surface area (Å²) in [5.74, 6) is -4.37. The Balaban J connectivity index is 0.000000601. The van der Waals surface area contributed by atoms with Crippen LogP contribution in [0.5, 0.6) is 0 Å². The molecule has 6 rings (SSSR count). The van der Waals surface area contributed by atoms with Crippen molar-refractivity contribution in [3.8, 4) is 36.4 Å². The molecular formula is C94H132N22O10. The number of hydrogen-bond donors (Lipinski definition) is 12. The van der Waals surface area contributed by atoms with Crippen molar-refractivity contribution in [3.05, 3.63) is 179 Å². The van der Waals surface area contributed by atoms with Gasteiger partial charge in [-0.2, -0.15) is 31.6 Å². The van der Waals surface area contributed by atoms with Crippen LogP contribution in [0.3, 0.4) is 0 Å². The SMILES string of the molecule is CCCC[N+](CCCC)(CCCC)CCCC.CCCC[N+](CCCC)(CCCC)CCCC.N#Cc1cccc(NC(=O)NCCN(CCNC(=O)Nc2cccc(C#N)c2)CCNC(=O)Nc2cccc(C#N)c2)c1.N#Cc1cccc(NC(=O)NCCN(CCNC(=O)Nc2cccc(C#N)c2)CCNC(=O)Nc2cccc(C#N)c2)c1.O=C([O-])C(=O)[O-]. The van der Waals surface area contributed by atoms with E-state index in [2.05, 4.69) is 119 Å². The quantitative estimate of drug-likeness (QED) is 0.0125. The van der Waals surface area contributed by atoms with Gasteiger partial charge in [-0.1, -0.05) is 143 Å². The van der Waals surface area contributed by atoms with Crippen molar-refractivity contribution in [3.63, 3.8) is 0 Å². The molecule has 0 spiro atoms. The maximum absolute atomic E-state index is 12.3. The molecular weight excluding hydrogens is 1600 g/mol. The van der Waals surface area contributed by atoms with E-state index >= 15 is 0 Å². The number of benzene rings is 6. The fourth-order valence-electron chi connectivity index (χ4n) is 13.0. The minimum Gasteiger partial charge on any atom is -0.543 e. The molecule has 12 N–H and O–H groups in total. The summed E-state index contributed by atoms with van der Waals surface area (Å²) in [4.78, 5) is 95.8. The monoisotopic (exact) mass is 1730 g/mol. The highest BCUT2D eigenvalue weighted by Crippen LogP contribution is 2.20. The Hall–Kier alpha value is -13.3. The Morgan fingerprint density at radius 2 is 0.405 bits per heavy atom. The Labute approximate surface area is 745 Å². The average molecular weight is 1730 g/mol. The second-order valence-electron chi connectivity index (χ2n) is 30.0. The summed E-state index contributed by atoms with van der Waals surface area (Å²) in [5, 5.41) is 105. The number of carbonyl (C=O) groups is 8. The van der Waals surface area contributed by atoms with E-state index in [9.17, 15) is 28.8 Å². The normalized spacial score (nSPS) is 10.3. The highest BCUT2D eigenvalue weighted by molar-refractivity contribution is 6.25. The van der Waals surface area contributed by atoms with E-state index in [1.54, 1.807) is 146 Å². The number of amides is 12. The summed E-state index contributed by atoms with van der Waals surface area (Å²) in [5.41, 5.74) is 5.46. The number of quaternary nitrogens is 2. The summed E-state index contributed by atoms with van der Waals surface area (Å²) < 4.78 is 2.84. The van der Waals surface area contributed by atoms with E-state index in [1.807, 2.05) is 46.2 Å². The molecule has 32 nitrogen and oxygen atoms in total. The second-order valence-corrected chi connectivity index (χ2v) is 30.0. The summed E-state index contributed by atoms with van der Waals surface area (Å²) in [6, 6.07) is 48.7. The van der Waals surface area contributed by atoms with Gasteiger partial charge in [0, 0.05) is 113 Å².